The SMILES string of the molecule is Cn1ccnc1COc1cc(OCc2cc(F)cc(F)c2)cc(-c2nc3ncccc3[nH]2)c1.O=C(O)C(F)(F)F.O=C(O)C(F)(F)F. The standard InChI is InChI=1S/C24H19F2N5O2.2C2HF3O2/c1-31-6-5-27-22(31)14-33-20-10-16(23-29-21-3-2-4-28-24(21)30-23)9-19(12-20)32-13-15-7-17(25)11-18(26)8-15;2*3-2(4,5)1(6)7/h2-12H,13-14H2,1H3,(H,28,29,30);2*(H,6,7). The molecule has 0 amide bonds. The minimum absolute atomic E-state index is 0.0153. The molecule has 0 aliphatic rings. The highest BCUT2D eigenvalue weighted by molar-refractivity contribution is 5.76. The summed E-state index contributed by atoms with van der Waals surface area (Å²) in [4.78, 5) is 34.1. The van der Waals surface area contributed by atoms with Crippen molar-refractivity contribution in [2.24, 2.45) is 7.05 Å². The van der Waals surface area contributed by atoms with Crippen molar-refractivity contribution in [1.82, 2.24) is 24.5 Å². The second-order valence-electron chi connectivity index (χ2n) is 9.07. The van der Waals surface area contributed by atoms with Gasteiger partial charge in [-0.2, -0.15) is 26.3 Å². The van der Waals surface area contributed by atoms with E-state index in [1.54, 1.807) is 24.5 Å². The number of rotatable bonds is 7. The van der Waals surface area contributed by atoms with E-state index in [9.17, 15) is 35.1 Å². The Balaban J connectivity index is 0.000000360. The number of benzene rings is 2. The lowest BCUT2D eigenvalue weighted by Gasteiger charge is -2.12. The van der Waals surface area contributed by atoms with Gasteiger partial charge in [0.2, 0.25) is 0 Å². The molecule has 0 unspecified atom stereocenters. The highest BCUT2D eigenvalue weighted by atomic mass is 19.4. The van der Waals surface area contributed by atoms with E-state index in [1.807, 2.05) is 36.0 Å². The molecule has 11 nitrogen and oxygen atoms in total. The fourth-order valence-corrected chi connectivity index (χ4v) is 3.40. The van der Waals surface area contributed by atoms with Crippen LogP contribution >= 0.6 is 0 Å². The normalized spacial score (nSPS) is 11.2. The number of hydrogen-bond donors (Lipinski definition) is 3. The molecule has 5 aromatic rings. The molecule has 19 heteroatoms. The summed E-state index contributed by atoms with van der Waals surface area (Å²) in [6, 6.07) is 12.3. The summed E-state index contributed by atoms with van der Waals surface area (Å²) in [5, 5.41) is 14.2. The molecule has 0 bridgehead atoms. The summed E-state index contributed by atoms with van der Waals surface area (Å²) in [5.41, 5.74) is 2.47. The largest absolute Gasteiger partial charge is 0.490 e. The molecule has 250 valence electrons. The van der Waals surface area contributed by atoms with Crippen molar-refractivity contribution in [3.8, 4) is 22.9 Å². The molecule has 3 N–H and O–H groups in total. The summed E-state index contributed by atoms with van der Waals surface area (Å²) in [7, 11) is 1.89. The van der Waals surface area contributed by atoms with Crippen molar-refractivity contribution in [3.05, 3.63) is 90.1 Å². The molecule has 0 fully saturated rings. The molecule has 2 aromatic carbocycles. The Hall–Kier alpha value is -5.75. The van der Waals surface area contributed by atoms with Crippen LogP contribution in [0.3, 0.4) is 0 Å². The number of ether oxygens (including phenoxy) is 2. The molecule has 5 rings (SSSR count). The van der Waals surface area contributed by atoms with Gasteiger partial charge in [0.25, 0.3) is 0 Å². The van der Waals surface area contributed by atoms with Gasteiger partial charge in [0.1, 0.15) is 48.0 Å². The van der Waals surface area contributed by atoms with E-state index in [2.05, 4.69) is 19.9 Å². The average Bonchev–Trinajstić information content (AvgIpc) is 3.60. The van der Waals surface area contributed by atoms with E-state index in [0.29, 0.717) is 34.1 Å². The van der Waals surface area contributed by atoms with Crippen molar-refractivity contribution < 1.29 is 64.4 Å². The summed E-state index contributed by atoms with van der Waals surface area (Å²) in [6.45, 7) is 0.238. The first kappa shape index (κ1) is 35.7. The van der Waals surface area contributed by atoms with Crippen LogP contribution in [0.15, 0.2) is 67.1 Å². The van der Waals surface area contributed by atoms with Crippen molar-refractivity contribution in [2.75, 3.05) is 0 Å². The Kier molecular flexibility index (Phi) is 11.4. The highest BCUT2D eigenvalue weighted by Gasteiger charge is 2.38. The molecule has 47 heavy (non-hydrogen) atoms. The monoisotopic (exact) mass is 675 g/mol. The fraction of sp³-hybridized carbons (Fsp3) is 0.179. The number of carboxylic acids is 2. The Labute approximate surface area is 258 Å². The number of nitrogens with zero attached hydrogens (tertiary/aromatic N) is 4. The molecule has 0 spiro atoms. The topological polar surface area (TPSA) is 152 Å². The maximum atomic E-state index is 13.5. The first-order valence-electron chi connectivity index (χ1n) is 12.7. The van der Waals surface area contributed by atoms with Crippen LogP contribution < -0.4 is 9.47 Å². The molecule has 0 atom stereocenters. The zero-order chi connectivity index (χ0) is 34.9. The third-order valence-electron chi connectivity index (χ3n) is 5.51. The number of H-pyrrole nitrogens is 1. The van der Waals surface area contributed by atoms with Gasteiger partial charge in [0.05, 0.1) is 5.52 Å². The van der Waals surface area contributed by atoms with E-state index in [-0.39, 0.29) is 13.2 Å². The molecule has 3 aromatic heterocycles. The van der Waals surface area contributed by atoms with Crippen LogP contribution in [-0.2, 0) is 29.9 Å². The number of imidazole rings is 2. The van der Waals surface area contributed by atoms with Gasteiger partial charge >= 0.3 is 24.3 Å². The van der Waals surface area contributed by atoms with Crippen LogP contribution in [0.4, 0.5) is 35.1 Å². The van der Waals surface area contributed by atoms with Gasteiger partial charge < -0.3 is 29.2 Å². The Morgan fingerprint density at radius 3 is 1.87 bits per heavy atom. The Morgan fingerprint density at radius 1 is 0.830 bits per heavy atom. The predicted molar refractivity (Wildman–Crippen MR) is 145 cm³/mol. The van der Waals surface area contributed by atoms with E-state index < -0.39 is 35.9 Å². The van der Waals surface area contributed by atoms with Crippen LogP contribution in [0.1, 0.15) is 11.4 Å². The van der Waals surface area contributed by atoms with Gasteiger partial charge in [0.15, 0.2) is 5.65 Å². The van der Waals surface area contributed by atoms with E-state index in [1.165, 1.54) is 12.1 Å². The van der Waals surface area contributed by atoms with Crippen LogP contribution in [-0.4, -0.2) is 59.0 Å². The number of alkyl halides is 6. The Bertz CT molecular complexity index is 1760. The molecular formula is C28H21F8N5O6. The van der Waals surface area contributed by atoms with Crippen molar-refractivity contribution in [2.45, 2.75) is 25.6 Å². The lowest BCUT2D eigenvalue weighted by Crippen LogP contribution is -2.21. The number of hydrogen-bond acceptors (Lipinski definition) is 7. The number of pyridine rings is 1. The summed E-state index contributed by atoms with van der Waals surface area (Å²) in [6.07, 6.45) is -4.96. The zero-order valence-corrected chi connectivity index (χ0v) is 23.6. The number of aryl methyl sites for hydroxylation is 1. The van der Waals surface area contributed by atoms with Gasteiger partial charge in [-0.15, -0.1) is 0 Å². The third-order valence-corrected chi connectivity index (χ3v) is 5.51. The molecule has 0 aliphatic carbocycles. The first-order chi connectivity index (χ1) is 21.9. The van der Waals surface area contributed by atoms with Gasteiger partial charge in [0, 0.05) is 43.3 Å². The van der Waals surface area contributed by atoms with Crippen LogP contribution in [0.2, 0.25) is 0 Å². The number of nitrogens with one attached hydrogen (secondary N) is 1. The van der Waals surface area contributed by atoms with Crippen molar-refractivity contribution in [3.63, 3.8) is 0 Å². The van der Waals surface area contributed by atoms with Crippen molar-refractivity contribution in [1.29, 1.82) is 0 Å². The number of aromatic nitrogens is 5. The second-order valence-corrected chi connectivity index (χ2v) is 9.07. The minimum Gasteiger partial charge on any atom is -0.489 e. The van der Waals surface area contributed by atoms with E-state index in [0.717, 1.165) is 17.4 Å². The predicted octanol–water partition coefficient (Wildman–Crippen LogP) is 6.06. The maximum absolute atomic E-state index is 13.5. The lowest BCUT2D eigenvalue weighted by molar-refractivity contribution is -0.193. The van der Waals surface area contributed by atoms with Crippen LogP contribution in [0.5, 0.6) is 11.5 Å². The second kappa shape index (κ2) is 15.0. The number of halogens is 8. The number of fused-ring (bicyclic) bond motifs is 1. The lowest BCUT2D eigenvalue weighted by atomic mass is 10.2. The number of aromatic amines is 1. The summed E-state index contributed by atoms with van der Waals surface area (Å²) in [5.74, 6) is -4.49. The quantitative estimate of drug-likeness (QED) is 0.175. The van der Waals surface area contributed by atoms with Gasteiger partial charge in [-0.05, 0) is 42.0 Å². The number of aliphatic carboxylic acids is 2. The Morgan fingerprint density at radius 2 is 1.38 bits per heavy atom. The molecule has 3 heterocycles. The van der Waals surface area contributed by atoms with E-state index >= 15 is 0 Å². The summed E-state index contributed by atoms with van der Waals surface area (Å²) < 4.78 is 104. The molecular weight excluding hydrogens is 654 g/mol. The van der Waals surface area contributed by atoms with Gasteiger partial charge in [-0.25, -0.2) is 33.3 Å². The zero-order valence-electron chi connectivity index (χ0n) is 23.6. The average molecular weight is 675 g/mol. The highest BCUT2D eigenvalue weighted by Crippen LogP contribution is 2.30. The molecule has 0 saturated heterocycles. The van der Waals surface area contributed by atoms with Crippen LogP contribution in [0, 0.1) is 11.6 Å². The number of carbonyl (C=O) groups is 2. The molecule has 0 aliphatic heterocycles. The van der Waals surface area contributed by atoms with Gasteiger partial charge in [-0.3, -0.25) is 0 Å². The minimum atomic E-state index is -5.08. The van der Waals surface area contributed by atoms with Crippen LogP contribution in [0.25, 0.3) is 22.6 Å². The third kappa shape index (κ3) is 11.0. The van der Waals surface area contributed by atoms with Gasteiger partial charge in [-0.1, -0.05) is 0 Å². The molecule has 0 radical (unpaired) electrons. The van der Waals surface area contributed by atoms with E-state index in [4.69, 9.17) is 29.3 Å². The number of carboxylic acid groups (broad SMARTS) is 2. The first-order valence-corrected chi connectivity index (χ1v) is 12.7. The van der Waals surface area contributed by atoms with Crippen molar-refractivity contribution >= 4 is 23.1 Å². The fourth-order valence-electron chi connectivity index (χ4n) is 3.40. The maximum Gasteiger partial charge on any atom is 0.490 e. The summed E-state index contributed by atoms with van der Waals surface area (Å²) >= 11 is 0. The molecule has 0 saturated carbocycles. The smallest absolute Gasteiger partial charge is 0.489 e.